The fourth-order valence-corrected chi connectivity index (χ4v) is 3.84. The molecule has 0 radical (unpaired) electrons. The van der Waals surface area contributed by atoms with Gasteiger partial charge in [0.05, 0.1) is 9.92 Å². The van der Waals surface area contributed by atoms with E-state index in [2.05, 4.69) is 0 Å². The third-order valence-corrected chi connectivity index (χ3v) is 5.65. The number of fused-ring (bicyclic) bond motifs is 1. The van der Waals surface area contributed by atoms with Gasteiger partial charge in [0.25, 0.3) is 0 Å². The maximum Gasteiger partial charge on any atom is 0.216 e. The lowest BCUT2D eigenvalue weighted by atomic mass is 10.2. The second-order valence-electron chi connectivity index (χ2n) is 5.10. The highest BCUT2D eigenvalue weighted by Gasteiger charge is 2.22. The highest BCUT2D eigenvalue weighted by Crippen LogP contribution is 2.39. The molecule has 0 spiro atoms. The molecule has 0 N–H and O–H groups in total. The quantitative estimate of drug-likeness (QED) is 0.730. The van der Waals surface area contributed by atoms with Crippen LogP contribution in [0.25, 0.3) is 6.08 Å². The number of hydrogen-bond donors (Lipinski definition) is 0. The van der Waals surface area contributed by atoms with Crippen LogP contribution in [0.4, 0.5) is 0 Å². The molecule has 128 valence electrons. The Morgan fingerprint density at radius 2 is 1.80 bits per heavy atom. The monoisotopic (exact) mass is 395 g/mol. The van der Waals surface area contributed by atoms with Crippen LogP contribution in [0.1, 0.15) is 5.56 Å². The molecule has 0 atom stereocenters. The first-order chi connectivity index (χ1) is 11.9. The standard InChI is InChI=1S/C17H11Cl2NO4S/c18-12-1-3-13(4-2-12)25(21,22)14(10-20)7-11-8-15(19)17-16(9-11)23-5-6-24-17/h1-4,7-9H,5-6H2/b14-7+. The van der Waals surface area contributed by atoms with Crippen molar-refractivity contribution in [2.45, 2.75) is 4.90 Å². The average molecular weight is 396 g/mol. The molecule has 1 heterocycles. The second-order valence-corrected chi connectivity index (χ2v) is 7.87. The van der Waals surface area contributed by atoms with Crippen molar-refractivity contribution >= 4 is 39.1 Å². The van der Waals surface area contributed by atoms with Crippen molar-refractivity contribution in [1.82, 2.24) is 0 Å². The number of hydrogen-bond acceptors (Lipinski definition) is 5. The van der Waals surface area contributed by atoms with E-state index in [0.717, 1.165) is 0 Å². The molecule has 0 saturated heterocycles. The number of benzene rings is 2. The third-order valence-electron chi connectivity index (χ3n) is 3.44. The van der Waals surface area contributed by atoms with Gasteiger partial charge in [-0.05, 0) is 48.0 Å². The van der Waals surface area contributed by atoms with Gasteiger partial charge in [-0.25, -0.2) is 8.42 Å². The van der Waals surface area contributed by atoms with Crippen LogP contribution in [0.15, 0.2) is 46.2 Å². The SMILES string of the molecule is N#C/C(=C\c1cc(Cl)c2c(c1)OCCO2)S(=O)(=O)c1ccc(Cl)cc1. The van der Waals surface area contributed by atoms with Crippen molar-refractivity contribution in [1.29, 1.82) is 5.26 Å². The molecule has 0 unspecified atom stereocenters. The van der Waals surface area contributed by atoms with Crippen LogP contribution in [-0.2, 0) is 9.84 Å². The van der Waals surface area contributed by atoms with E-state index in [0.29, 0.717) is 35.3 Å². The van der Waals surface area contributed by atoms with Crippen LogP contribution in [0.3, 0.4) is 0 Å². The van der Waals surface area contributed by atoms with E-state index in [1.807, 2.05) is 0 Å². The van der Waals surface area contributed by atoms with Gasteiger partial charge in [-0.2, -0.15) is 5.26 Å². The fraction of sp³-hybridized carbons (Fsp3) is 0.118. The smallest absolute Gasteiger partial charge is 0.216 e. The summed E-state index contributed by atoms with van der Waals surface area (Å²) in [6.07, 6.45) is 1.24. The molecule has 0 aromatic heterocycles. The summed E-state index contributed by atoms with van der Waals surface area (Å²) in [6, 6.07) is 10.4. The summed E-state index contributed by atoms with van der Waals surface area (Å²) >= 11 is 11.9. The van der Waals surface area contributed by atoms with E-state index in [-0.39, 0.29) is 9.92 Å². The van der Waals surface area contributed by atoms with Crippen molar-refractivity contribution in [3.8, 4) is 17.6 Å². The molecule has 0 aliphatic carbocycles. The van der Waals surface area contributed by atoms with E-state index in [4.69, 9.17) is 32.7 Å². The van der Waals surface area contributed by atoms with E-state index >= 15 is 0 Å². The van der Waals surface area contributed by atoms with Crippen LogP contribution >= 0.6 is 23.2 Å². The Kier molecular flexibility index (Phi) is 4.91. The normalized spacial score (nSPS) is 14.0. The summed E-state index contributed by atoms with van der Waals surface area (Å²) in [6.45, 7) is 0.751. The Morgan fingerprint density at radius 3 is 2.48 bits per heavy atom. The van der Waals surface area contributed by atoms with Crippen LogP contribution in [0.5, 0.6) is 11.5 Å². The third kappa shape index (κ3) is 3.59. The van der Waals surface area contributed by atoms with Crippen molar-refractivity contribution in [2.75, 3.05) is 13.2 Å². The minimum atomic E-state index is -3.97. The van der Waals surface area contributed by atoms with Gasteiger partial charge in [-0.1, -0.05) is 23.2 Å². The van der Waals surface area contributed by atoms with Crippen LogP contribution in [-0.4, -0.2) is 21.6 Å². The highest BCUT2D eigenvalue weighted by molar-refractivity contribution is 7.95. The molecular formula is C17H11Cl2NO4S. The largest absolute Gasteiger partial charge is 0.486 e. The molecule has 1 aliphatic rings. The zero-order valence-corrected chi connectivity index (χ0v) is 15.0. The summed E-state index contributed by atoms with van der Waals surface area (Å²) < 4.78 is 36.1. The van der Waals surface area contributed by atoms with Crippen molar-refractivity contribution < 1.29 is 17.9 Å². The summed E-state index contributed by atoms with van der Waals surface area (Å²) in [5.41, 5.74) is 0.420. The summed E-state index contributed by atoms with van der Waals surface area (Å²) in [7, 11) is -3.97. The first-order valence-corrected chi connectivity index (χ1v) is 9.37. The Hall–Kier alpha value is -2.20. The van der Waals surface area contributed by atoms with E-state index in [9.17, 15) is 13.7 Å². The van der Waals surface area contributed by atoms with Gasteiger partial charge in [-0.3, -0.25) is 0 Å². The lowest BCUT2D eigenvalue weighted by molar-refractivity contribution is 0.171. The molecule has 25 heavy (non-hydrogen) atoms. The van der Waals surface area contributed by atoms with E-state index < -0.39 is 14.7 Å². The summed E-state index contributed by atoms with van der Waals surface area (Å²) in [4.78, 5) is -0.434. The number of sulfone groups is 1. The first kappa shape index (κ1) is 17.6. The minimum absolute atomic E-state index is 0.0201. The zero-order chi connectivity index (χ0) is 18.0. The number of ether oxygens (including phenoxy) is 2. The van der Waals surface area contributed by atoms with Crippen LogP contribution in [0, 0.1) is 11.3 Å². The average Bonchev–Trinajstić information content (AvgIpc) is 2.60. The lowest BCUT2D eigenvalue weighted by Gasteiger charge is -2.19. The fourth-order valence-electron chi connectivity index (χ4n) is 2.28. The topological polar surface area (TPSA) is 76.4 Å². The van der Waals surface area contributed by atoms with E-state index in [1.54, 1.807) is 12.1 Å². The molecule has 5 nitrogen and oxygen atoms in total. The van der Waals surface area contributed by atoms with Gasteiger partial charge in [-0.15, -0.1) is 0 Å². The van der Waals surface area contributed by atoms with Gasteiger partial charge in [0.1, 0.15) is 24.2 Å². The van der Waals surface area contributed by atoms with Gasteiger partial charge < -0.3 is 9.47 Å². The molecule has 0 bridgehead atoms. The van der Waals surface area contributed by atoms with Gasteiger partial charge in [0.2, 0.25) is 9.84 Å². The molecule has 0 amide bonds. The first-order valence-electron chi connectivity index (χ1n) is 7.13. The molecule has 1 aliphatic heterocycles. The second kappa shape index (κ2) is 6.96. The Morgan fingerprint density at radius 1 is 1.12 bits per heavy atom. The Balaban J connectivity index is 2.05. The van der Waals surface area contributed by atoms with E-state index in [1.165, 1.54) is 36.4 Å². The number of allylic oxidation sites excluding steroid dienone is 1. The minimum Gasteiger partial charge on any atom is -0.486 e. The maximum absolute atomic E-state index is 12.6. The summed E-state index contributed by atoms with van der Waals surface area (Å²) in [5, 5.41) is 10.0. The van der Waals surface area contributed by atoms with Crippen molar-refractivity contribution in [3.05, 3.63) is 56.9 Å². The molecule has 2 aromatic rings. The van der Waals surface area contributed by atoms with Gasteiger partial charge in [0.15, 0.2) is 11.5 Å². The van der Waals surface area contributed by atoms with Crippen molar-refractivity contribution in [3.63, 3.8) is 0 Å². The molecule has 0 saturated carbocycles. The van der Waals surface area contributed by atoms with Gasteiger partial charge >= 0.3 is 0 Å². The number of halogens is 2. The summed E-state index contributed by atoms with van der Waals surface area (Å²) in [5.74, 6) is 0.815. The van der Waals surface area contributed by atoms with Crippen LogP contribution in [0.2, 0.25) is 10.0 Å². The molecule has 3 rings (SSSR count). The maximum atomic E-state index is 12.6. The van der Waals surface area contributed by atoms with Crippen molar-refractivity contribution in [2.24, 2.45) is 0 Å². The molecule has 2 aromatic carbocycles. The highest BCUT2D eigenvalue weighted by atomic mass is 35.5. The number of nitriles is 1. The molecular weight excluding hydrogens is 385 g/mol. The molecule has 0 fully saturated rings. The van der Waals surface area contributed by atoms with Crippen LogP contribution < -0.4 is 9.47 Å². The Bertz CT molecular complexity index is 993. The number of nitrogens with zero attached hydrogens (tertiary/aromatic N) is 1. The predicted molar refractivity (Wildman–Crippen MR) is 94.7 cm³/mol. The lowest BCUT2D eigenvalue weighted by Crippen LogP contribution is -2.15. The van der Waals surface area contributed by atoms with Gasteiger partial charge in [0, 0.05) is 5.02 Å². The predicted octanol–water partition coefficient (Wildman–Crippen LogP) is 4.10. The number of rotatable bonds is 3. The zero-order valence-electron chi connectivity index (χ0n) is 12.7. The Labute approximate surface area is 154 Å². The molecule has 8 heteroatoms.